The highest BCUT2D eigenvalue weighted by Crippen LogP contribution is 2.24. The largest absolute Gasteiger partial charge is 0.480 e. The molecule has 0 saturated carbocycles. The van der Waals surface area contributed by atoms with Gasteiger partial charge in [0.1, 0.15) is 17.4 Å². The number of benzene rings is 2. The van der Waals surface area contributed by atoms with Crippen molar-refractivity contribution in [3.63, 3.8) is 0 Å². The fourth-order valence-corrected chi connectivity index (χ4v) is 5.78. The van der Waals surface area contributed by atoms with E-state index in [-0.39, 0.29) is 11.3 Å². The van der Waals surface area contributed by atoms with Crippen molar-refractivity contribution in [2.75, 3.05) is 7.05 Å². The van der Waals surface area contributed by atoms with Crippen molar-refractivity contribution >= 4 is 37.9 Å². The van der Waals surface area contributed by atoms with E-state index in [1.54, 1.807) is 30.7 Å². The zero-order valence-corrected chi connectivity index (χ0v) is 20.6. The number of aryl methyl sites for hydroxylation is 1. The normalized spacial score (nSPS) is 13.0. The monoisotopic (exact) mass is 503 g/mol. The molecule has 0 aliphatic carbocycles. The first-order chi connectivity index (χ1) is 17.3. The van der Waals surface area contributed by atoms with E-state index >= 15 is 0 Å². The fourth-order valence-electron chi connectivity index (χ4n) is 4.47. The lowest BCUT2D eigenvalue weighted by Gasteiger charge is -2.24. The maximum atomic E-state index is 13.4. The average Bonchev–Trinajstić information content (AvgIpc) is 3.42. The highest BCUT2D eigenvalue weighted by Gasteiger charge is 2.33. The van der Waals surface area contributed by atoms with Gasteiger partial charge in [-0.05, 0) is 42.3 Å². The Kier molecular flexibility index (Phi) is 6.07. The van der Waals surface area contributed by atoms with Crippen LogP contribution in [-0.4, -0.2) is 56.4 Å². The van der Waals surface area contributed by atoms with E-state index in [4.69, 9.17) is 0 Å². The van der Waals surface area contributed by atoms with Gasteiger partial charge in [0.15, 0.2) is 0 Å². The minimum Gasteiger partial charge on any atom is -0.480 e. The van der Waals surface area contributed by atoms with Gasteiger partial charge in [-0.1, -0.05) is 30.3 Å². The van der Waals surface area contributed by atoms with Gasteiger partial charge in [0.25, 0.3) is 0 Å². The zero-order valence-electron chi connectivity index (χ0n) is 19.8. The summed E-state index contributed by atoms with van der Waals surface area (Å²) in [4.78, 5) is 23.9. The molecule has 0 aliphatic heterocycles. The van der Waals surface area contributed by atoms with Crippen molar-refractivity contribution < 1.29 is 18.3 Å². The fraction of sp³-hybridized carbons (Fsp3) is 0.192. The number of carbonyl (C=O) groups is 1. The number of carboxylic acid groups (broad SMARTS) is 1. The number of para-hydroxylation sites is 1. The number of pyridine rings is 1. The number of H-pyrrole nitrogens is 1. The minimum atomic E-state index is -4.05. The molecule has 0 fully saturated rings. The first-order valence-electron chi connectivity index (χ1n) is 11.4. The number of aromatic amines is 1. The molecule has 5 aromatic rings. The maximum absolute atomic E-state index is 13.4. The van der Waals surface area contributed by atoms with Gasteiger partial charge in [-0.15, -0.1) is 0 Å². The summed E-state index contributed by atoms with van der Waals surface area (Å²) in [6.07, 6.45) is 5.18. The van der Waals surface area contributed by atoms with Crippen LogP contribution in [0.1, 0.15) is 17.0 Å². The van der Waals surface area contributed by atoms with Gasteiger partial charge in [0, 0.05) is 43.3 Å². The summed E-state index contributed by atoms with van der Waals surface area (Å²) in [5.41, 5.74) is 4.25. The average molecular weight is 504 g/mol. The molecule has 0 amide bonds. The Morgan fingerprint density at radius 2 is 1.89 bits per heavy atom. The van der Waals surface area contributed by atoms with Crippen molar-refractivity contribution in [3.8, 4) is 0 Å². The summed E-state index contributed by atoms with van der Waals surface area (Å²) in [7, 11) is -2.73. The van der Waals surface area contributed by atoms with E-state index in [9.17, 15) is 18.3 Å². The summed E-state index contributed by atoms with van der Waals surface area (Å²) in [6.45, 7) is 2.42. The molecule has 0 unspecified atom stereocenters. The van der Waals surface area contributed by atoms with Crippen LogP contribution in [0.5, 0.6) is 0 Å². The Balaban J connectivity index is 1.39. The molecule has 36 heavy (non-hydrogen) atoms. The lowest BCUT2D eigenvalue weighted by Crippen LogP contribution is -2.43. The van der Waals surface area contributed by atoms with Crippen LogP contribution >= 0.6 is 0 Å². The molecule has 10 heteroatoms. The Morgan fingerprint density at radius 3 is 2.64 bits per heavy atom. The topological polar surface area (TPSA) is 121 Å². The van der Waals surface area contributed by atoms with Crippen LogP contribution in [0.3, 0.4) is 0 Å². The van der Waals surface area contributed by atoms with E-state index in [0.717, 1.165) is 43.2 Å². The third-order valence-corrected chi connectivity index (χ3v) is 8.38. The zero-order chi connectivity index (χ0) is 25.4. The maximum Gasteiger partial charge on any atom is 0.322 e. The van der Waals surface area contributed by atoms with E-state index in [1.165, 1.54) is 19.2 Å². The molecule has 0 saturated heterocycles. The van der Waals surface area contributed by atoms with Crippen molar-refractivity contribution in [1.29, 1.82) is 0 Å². The molecule has 0 aliphatic rings. The van der Waals surface area contributed by atoms with Gasteiger partial charge in [0.05, 0.1) is 16.6 Å². The third-order valence-electron chi connectivity index (χ3n) is 6.49. The number of aliphatic carboxylic acids is 1. The van der Waals surface area contributed by atoms with Gasteiger partial charge in [-0.2, -0.15) is 4.31 Å². The van der Waals surface area contributed by atoms with Gasteiger partial charge in [-0.25, -0.2) is 13.4 Å². The van der Waals surface area contributed by atoms with Crippen LogP contribution in [0.25, 0.3) is 21.9 Å². The number of fused-ring (bicyclic) bond motifs is 2. The SMILES string of the molecule is Cc1nc2cnccc2n1Cc1ccc(S(=O)(=O)N(C)[C@@H](Cc2c[nH]c3ccccc23)C(=O)O)cc1. The predicted molar refractivity (Wildman–Crippen MR) is 136 cm³/mol. The molecule has 2 N–H and O–H groups in total. The molecule has 0 spiro atoms. The van der Waals surface area contributed by atoms with Crippen molar-refractivity contribution in [3.05, 3.63) is 90.1 Å². The summed E-state index contributed by atoms with van der Waals surface area (Å²) in [5.74, 6) is -0.379. The summed E-state index contributed by atoms with van der Waals surface area (Å²) in [5, 5.41) is 10.8. The van der Waals surface area contributed by atoms with Crippen molar-refractivity contribution in [2.45, 2.75) is 30.8 Å². The number of nitrogens with one attached hydrogen (secondary N) is 1. The quantitative estimate of drug-likeness (QED) is 0.334. The number of likely N-dealkylation sites (N-methyl/N-ethyl adjacent to an activating group) is 1. The summed E-state index contributed by atoms with van der Waals surface area (Å²) in [6, 6.07) is 14.7. The molecule has 1 atom stereocenters. The van der Waals surface area contributed by atoms with Crippen LogP contribution in [-0.2, 0) is 27.8 Å². The lowest BCUT2D eigenvalue weighted by molar-refractivity contribution is -0.141. The van der Waals surface area contributed by atoms with Crippen molar-refractivity contribution in [1.82, 2.24) is 23.8 Å². The smallest absolute Gasteiger partial charge is 0.322 e. The number of aromatic nitrogens is 4. The third kappa shape index (κ3) is 4.25. The first kappa shape index (κ1) is 23.7. The summed E-state index contributed by atoms with van der Waals surface area (Å²) < 4.78 is 29.7. The van der Waals surface area contributed by atoms with Gasteiger partial charge < -0.3 is 14.7 Å². The van der Waals surface area contributed by atoms with Crippen LogP contribution < -0.4 is 0 Å². The highest BCUT2D eigenvalue weighted by molar-refractivity contribution is 7.89. The molecule has 184 valence electrons. The number of imidazole rings is 1. The molecule has 3 heterocycles. The molecule has 0 radical (unpaired) electrons. The molecule has 2 aromatic carbocycles. The predicted octanol–water partition coefficient (Wildman–Crippen LogP) is 3.59. The summed E-state index contributed by atoms with van der Waals surface area (Å²) >= 11 is 0. The first-order valence-corrected chi connectivity index (χ1v) is 12.8. The minimum absolute atomic E-state index is 0.0367. The Bertz CT molecular complexity index is 1670. The standard InChI is InChI=1S/C26H25N5O4S/c1-17-29-23-15-27-12-11-24(23)31(17)16-18-7-9-20(10-8-18)36(34,35)30(2)25(26(32)33)13-19-14-28-22-6-4-3-5-21(19)22/h3-12,14-15,25,28H,13,16H2,1-2H3,(H,32,33)/t25-/m0/s1. The number of sulfonamides is 1. The number of rotatable bonds is 8. The second kappa shape index (κ2) is 9.21. The van der Waals surface area contributed by atoms with Crippen LogP contribution in [0.2, 0.25) is 0 Å². The molecular weight excluding hydrogens is 478 g/mol. The highest BCUT2D eigenvalue weighted by atomic mass is 32.2. The van der Waals surface area contributed by atoms with E-state index in [2.05, 4.69) is 15.0 Å². The van der Waals surface area contributed by atoms with E-state index in [1.807, 2.05) is 41.8 Å². The Morgan fingerprint density at radius 1 is 1.14 bits per heavy atom. The number of hydrogen-bond donors (Lipinski definition) is 2. The molecular formula is C26H25N5O4S. The second-order valence-corrected chi connectivity index (χ2v) is 10.7. The molecule has 9 nitrogen and oxygen atoms in total. The molecule has 5 rings (SSSR count). The van der Waals surface area contributed by atoms with Gasteiger partial charge >= 0.3 is 5.97 Å². The van der Waals surface area contributed by atoms with Crippen molar-refractivity contribution in [2.24, 2.45) is 0 Å². The van der Waals surface area contributed by atoms with E-state index < -0.39 is 22.0 Å². The second-order valence-electron chi connectivity index (χ2n) is 8.69. The van der Waals surface area contributed by atoms with Crippen LogP contribution in [0, 0.1) is 6.92 Å². The Labute approximate surface area is 208 Å². The lowest BCUT2D eigenvalue weighted by atomic mass is 10.1. The molecule has 3 aromatic heterocycles. The van der Waals surface area contributed by atoms with Gasteiger partial charge in [-0.3, -0.25) is 9.78 Å². The number of carboxylic acids is 1. The van der Waals surface area contributed by atoms with E-state index in [0.29, 0.717) is 6.54 Å². The Hall–Kier alpha value is -4.02. The number of hydrogen-bond acceptors (Lipinski definition) is 5. The van der Waals surface area contributed by atoms with Crippen LogP contribution in [0.4, 0.5) is 0 Å². The molecule has 0 bridgehead atoms. The van der Waals surface area contributed by atoms with Crippen LogP contribution in [0.15, 0.2) is 78.1 Å². The van der Waals surface area contributed by atoms with Gasteiger partial charge in [0.2, 0.25) is 10.0 Å². The number of nitrogens with zero attached hydrogens (tertiary/aromatic N) is 4.